The number of aromatic nitrogens is 1. The number of benzene rings is 1. The van der Waals surface area contributed by atoms with Crippen LogP contribution in [0.2, 0.25) is 0 Å². The standard InChI is InChI=1S/C28H38N6O5/c1-5-28(9-12-32(13-10-28)27(37)38)34-22-8-11-29-25(35)23(22)24(31-34)30-20-6-7-21(17(2)14-20)26(36)33-18(3)15-39-16-19(33)4/h6-8,11,14,18-19,24,30-31H,5,9-10,12-13,15-16H2,1-4H3,(H,29,35)(H,37,38)/t18-,19+,24?. The zero-order valence-electron chi connectivity index (χ0n) is 23.0. The normalized spacial score (nSPS) is 24.4. The smallest absolute Gasteiger partial charge is 0.407 e. The molecule has 210 valence electrons. The molecule has 39 heavy (non-hydrogen) atoms. The third-order valence-corrected chi connectivity index (χ3v) is 8.53. The molecule has 4 heterocycles. The Labute approximate surface area is 228 Å². The Morgan fingerprint density at radius 2 is 1.85 bits per heavy atom. The Morgan fingerprint density at radius 3 is 2.46 bits per heavy atom. The number of hydrogen-bond donors (Lipinski definition) is 4. The quantitative estimate of drug-likeness (QED) is 0.456. The molecule has 2 aromatic rings. The van der Waals surface area contributed by atoms with Crippen molar-refractivity contribution in [2.45, 2.75) is 70.7 Å². The number of nitrogens with one attached hydrogen (secondary N) is 3. The van der Waals surface area contributed by atoms with Gasteiger partial charge < -0.3 is 29.9 Å². The van der Waals surface area contributed by atoms with E-state index in [2.05, 4.69) is 27.7 Å². The van der Waals surface area contributed by atoms with E-state index in [9.17, 15) is 19.5 Å². The Kier molecular flexibility index (Phi) is 7.30. The number of carbonyl (C=O) groups excluding carboxylic acids is 1. The van der Waals surface area contributed by atoms with Crippen LogP contribution in [0.5, 0.6) is 0 Å². The van der Waals surface area contributed by atoms with Crippen molar-refractivity contribution in [2.24, 2.45) is 0 Å². The van der Waals surface area contributed by atoms with Gasteiger partial charge in [-0.05, 0) is 69.9 Å². The summed E-state index contributed by atoms with van der Waals surface area (Å²) in [5.74, 6) is -0.00750. The highest BCUT2D eigenvalue weighted by atomic mass is 16.5. The molecule has 3 aliphatic heterocycles. The molecule has 0 spiro atoms. The van der Waals surface area contributed by atoms with Crippen LogP contribution in [0.1, 0.15) is 67.7 Å². The molecule has 11 nitrogen and oxygen atoms in total. The third-order valence-electron chi connectivity index (χ3n) is 8.53. The number of carbonyl (C=O) groups is 2. The van der Waals surface area contributed by atoms with Crippen LogP contribution in [0.25, 0.3) is 0 Å². The van der Waals surface area contributed by atoms with Crippen LogP contribution in [-0.2, 0) is 4.74 Å². The average molecular weight is 539 g/mol. The van der Waals surface area contributed by atoms with E-state index in [0.29, 0.717) is 50.3 Å². The molecule has 2 saturated heterocycles. The first-order valence-corrected chi connectivity index (χ1v) is 13.7. The summed E-state index contributed by atoms with van der Waals surface area (Å²) in [6.07, 6.45) is 2.34. The lowest BCUT2D eigenvalue weighted by Gasteiger charge is -2.47. The van der Waals surface area contributed by atoms with Gasteiger partial charge in [-0.25, -0.2) is 10.2 Å². The van der Waals surface area contributed by atoms with Crippen molar-refractivity contribution in [2.75, 3.05) is 36.6 Å². The summed E-state index contributed by atoms with van der Waals surface area (Å²) in [6, 6.07) is 7.55. The largest absolute Gasteiger partial charge is 0.465 e. The van der Waals surface area contributed by atoms with Crippen LogP contribution in [0.15, 0.2) is 35.3 Å². The topological polar surface area (TPSA) is 130 Å². The third kappa shape index (κ3) is 4.85. The number of anilines is 2. The summed E-state index contributed by atoms with van der Waals surface area (Å²) < 4.78 is 5.58. The number of hydrazine groups is 1. The first-order valence-electron chi connectivity index (χ1n) is 13.7. The van der Waals surface area contributed by atoms with E-state index in [-0.39, 0.29) is 29.1 Å². The number of rotatable bonds is 5. The molecule has 0 radical (unpaired) electrons. The summed E-state index contributed by atoms with van der Waals surface area (Å²) in [7, 11) is 0. The fraction of sp³-hybridized carbons (Fsp3) is 0.536. The number of amides is 2. The number of aromatic amines is 1. The van der Waals surface area contributed by atoms with Gasteiger partial charge in [0, 0.05) is 30.5 Å². The maximum atomic E-state index is 13.4. The van der Waals surface area contributed by atoms with Gasteiger partial charge in [0.05, 0.1) is 42.1 Å². The summed E-state index contributed by atoms with van der Waals surface area (Å²) in [5, 5.41) is 15.0. The SMILES string of the molecule is CCC1(N2NC(Nc3ccc(C(=O)N4[C@H](C)COC[C@@H]4C)c(C)c3)c3c2cc[nH]c3=O)CCN(C(=O)O)CC1. The zero-order valence-corrected chi connectivity index (χ0v) is 23.0. The molecule has 0 aliphatic carbocycles. The number of likely N-dealkylation sites (tertiary alicyclic amines) is 1. The van der Waals surface area contributed by atoms with Gasteiger partial charge in [0.25, 0.3) is 11.5 Å². The van der Waals surface area contributed by atoms with Gasteiger partial charge in [-0.3, -0.25) is 14.6 Å². The van der Waals surface area contributed by atoms with E-state index in [4.69, 9.17) is 4.74 Å². The molecule has 3 atom stereocenters. The van der Waals surface area contributed by atoms with Crippen molar-refractivity contribution in [1.82, 2.24) is 20.2 Å². The number of hydrogen-bond acceptors (Lipinski definition) is 7. The molecule has 4 N–H and O–H groups in total. The van der Waals surface area contributed by atoms with Crippen molar-refractivity contribution in [3.05, 3.63) is 57.5 Å². The molecular weight excluding hydrogens is 500 g/mol. The lowest BCUT2D eigenvalue weighted by Crippen LogP contribution is -2.59. The van der Waals surface area contributed by atoms with Gasteiger partial charge >= 0.3 is 6.09 Å². The number of H-pyrrole nitrogens is 1. The van der Waals surface area contributed by atoms with E-state index in [0.717, 1.165) is 23.4 Å². The van der Waals surface area contributed by atoms with E-state index < -0.39 is 12.3 Å². The van der Waals surface area contributed by atoms with Crippen molar-refractivity contribution >= 4 is 23.4 Å². The maximum Gasteiger partial charge on any atom is 0.407 e. The minimum atomic E-state index is -0.902. The summed E-state index contributed by atoms with van der Waals surface area (Å²) in [4.78, 5) is 44.1. The Balaban J connectivity index is 1.39. The van der Waals surface area contributed by atoms with Crippen LogP contribution in [0, 0.1) is 6.92 Å². The van der Waals surface area contributed by atoms with Crippen LogP contribution < -0.4 is 21.3 Å². The van der Waals surface area contributed by atoms with E-state index >= 15 is 0 Å². The number of morpholine rings is 1. The van der Waals surface area contributed by atoms with E-state index in [1.54, 1.807) is 6.20 Å². The molecule has 2 amide bonds. The van der Waals surface area contributed by atoms with Gasteiger partial charge in [-0.2, -0.15) is 0 Å². The highest BCUT2D eigenvalue weighted by Crippen LogP contribution is 2.41. The highest BCUT2D eigenvalue weighted by molar-refractivity contribution is 5.96. The second-order valence-electron chi connectivity index (χ2n) is 11.0. The zero-order chi connectivity index (χ0) is 27.9. The van der Waals surface area contributed by atoms with Crippen molar-refractivity contribution in [1.29, 1.82) is 0 Å². The lowest BCUT2D eigenvalue weighted by atomic mass is 9.84. The first kappa shape index (κ1) is 27.0. The number of piperidine rings is 1. The number of nitrogens with zero attached hydrogens (tertiary/aromatic N) is 3. The Bertz CT molecular complexity index is 1290. The predicted octanol–water partition coefficient (Wildman–Crippen LogP) is 3.29. The van der Waals surface area contributed by atoms with Crippen molar-refractivity contribution < 1.29 is 19.4 Å². The van der Waals surface area contributed by atoms with Crippen molar-refractivity contribution in [3.8, 4) is 0 Å². The van der Waals surface area contributed by atoms with Gasteiger partial charge in [-0.1, -0.05) is 6.92 Å². The van der Waals surface area contributed by atoms with E-state index in [1.165, 1.54) is 4.90 Å². The molecule has 11 heteroatoms. The molecule has 2 fully saturated rings. The van der Waals surface area contributed by atoms with Gasteiger partial charge in [-0.15, -0.1) is 0 Å². The average Bonchev–Trinajstić information content (AvgIpc) is 3.28. The van der Waals surface area contributed by atoms with Gasteiger partial charge in [0.15, 0.2) is 0 Å². The summed E-state index contributed by atoms with van der Waals surface area (Å²) in [6.45, 7) is 9.95. The fourth-order valence-electron chi connectivity index (χ4n) is 6.27. The molecule has 5 rings (SSSR count). The molecule has 0 bridgehead atoms. The Hall–Kier alpha value is -3.57. The predicted molar refractivity (Wildman–Crippen MR) is 148 cm³/mol. The molecule has 0 saturated carbocycles. The second-order valence-corrected chi connectivity index (χ2v) is 11.0. The molecule has 1 aromatic carbocycles. The van der Waals surface area contributed by atoms with Crippen LogP contribution >= 0.6 is 0 Å². The highest BCUT2D eigenvalue weighted by Gasteiger charge is 2.45. The fourth-order valence-corrected chi connectivity index (χ4v) is 6.27. The monoisotopic (exact) mass is 538 g/mol. The number of ether oxygens (including phenoxy) is 1. The van der Waals surface area contributed by atoms with Gasteiger partial charge in [0.1, 0.15) is 6.17 Å². The maximum absolute atomic E-state index is 13.4. The Morgan fingerprint density at radius 1 is 1.15 bits per heavy atom. The first-order chi connectivity index (χ1) is 18.6. The lowest BCUT2D eigenvalue weighted by molar-refractivity contribution is -0.0249. The summed E-state index contributed by atoms with van der Waals surface area (Å²) >= 11 is 0. The minimum absolute atomic E-state index is 0.00333. The molecular formula is C28H38N6O5. The molecule has 3 aliphatic rings. The van der Waals surface area contributed by atoms with Crippen LogP contribution in [0.3, 0.4) is 0 Å². The molecule has 1 aromatic heterocycles. The number of aryl methyl sites for hydroxylation is 1. The molecule has 1 unspecified atom stereocenters. The van der Waals surface area contributed by atoms with E-state index in [1.807, 2.05) is 49.9 Å². The minimum Gasteiger partial charge on any atom is -0.465 e. The number of carboxylic acid groups (broad SMARTS) is 1. The second kappa shape index (κ2) is 10.5. The number of pyridine rings is 1. The van der Waals surface area contributed by atoms with Crippen LogP contribution in [-0.4, -0.2) is 75.8 Å². The van der Waals surface area contributed by atoms with Crippen LogP contribution in [0.4, 0.5) is 16.2 Å². The summed E-state index contributed by atoms with van der Waals surface area (Å²) in [5.41, 5.74) is 6.66. The van der Waals surface area contributed by atoms with Gasteiger partial charge in [0.2, 0.25) is 0 Å². The van der Waals surface area contributed by atoms with Crippen molar-refractivity contribution in [3.63, 3.8) is 0 Å². The number of fused-ring (bicyclic) bond motifs is 1.